The Morgan fingerprint density at radius 2 is 2.10 bits per heavy atom. The van der Waals surface area contributed by atoms with Crippen LogP contribution in [0.2, 0.25) is 0 Å². The maximum absolute atomic E-state index is 12.7. The number of rotatable bonds is 3. The third-order valence-corrected chi connectivity index (χ3v) is 4.95. The number of pyridine rings is 1. The molecule has 0 atom stereocenters. The molecule has 8 heteroatoms. The first-order valence-electron chi connectivity index (χ1n) is 9.02. The van der Waals surface area contributed by atoms with Crippen LogP contribution in [0, 0.1) is 11.3 Å². The lowest BCUT2D eigenvalue weighted by atomic mass is 9.95. The molecule has 3 aromatic heterocycles. The van der Waals surface area contributed by atoms with Gasteiger partial charge in [0.25, 0.3) is 11.8 Å². The second-order valence-electron chi connectivity index (χ2n) is 6.60. The Kier molecular flexibility index (Phi) is 4.35. The van der Waals surface area contributed by atoms with Crippen LogP contribution in [0.1, 0.15) is 19.6 Å². The number of fused-ring (bicyclic) bond motifs is 1. The first-order valence-corrected chi connectivity index (χ1v) is 9.02. The molecule has 1 aliphatic rings. The SMILES string of the molecule is CCN1C(=O)C(C#N)=C(C)/C(=C/c2cc3c(nc(-c4cccnc4)n3C)o2)C1=O. The fraction of sp³-hybridized carbons (Fsp3) is 0.190. The van der Waals surface area contributed by atoms with E-state index < -0.39 is 11.8 Å². The summed E-state index contributed by atoms with van der Waals surface area (Å²) in [5, 5.41) is 9.34. The van der Waals surface area contributed by atoms with Crippen LogP contribution in [0.15, 0.2) is 51.7 Å². The molecule has 0 bridgehead atoms. The summed E-state index contributed by atoms with van der Waals surface area (Å²) in [5.41, 5.74) is 2.60. The van der Waals surface area contributed by atoms with Crippen molar-refractivity contribution >= 4 is 29.1 Å². The van der Waals surface area contributed by atoms with Crippen molar-refractivity contribution in [2.75, 3.05) is 6.54 Å². The predicted molar refractivity (Wildman–Crippen MR) is 105 cm³/mol. The van der Waals surface area contributed by atoms with Gasteiger partial charge in [0.15, 0.2) is 0 Å². The van der Waals surface area contributed by atoms with E-state index in [4.69, 9.17) is 4.42 Å². The second kappa shape index (κ2) is 6.87. The molecule has 0 saturated carbocycles. The first-order chi connectivity index (χ1) is 14.0. The summed E-state index contributed by atoms with van der Waals surface area (Å²) in [6.07, 6.45) is 4.96. The minimum Gasteiger partial charge on any atom is -0.437 e. The zero-order valence-corrected chi connectivity index (χ0v) is 16.1. The number of imidazole rings is 1. The van der Waals surface area contributed by atoms with Crippen LogP contribution in [-0.2, 0) is 16.6 Å². The Morgan fingerprint density at radius 1 is 1.31 bits per heavy atom. The van der Waals surface area contributed by atoms with Crippen LogP contribution < -0.4 is 0 Å². The maximum Gasteiger partial charge on any atom is 0.271 e. The summed E-state index contributed by atoms with van der Waals surface area (Å²) in [4.78, 5) is 34.7. The summed E-state index contributed by atoms with van der Waals surface area (Å²) in [5.74, 6) is 0.118. The van der Waals surface area contributed by atoms with Gasteiger partial charge in [-0.05, 0) is 37.6 Å². The fourth-order valence-electron chi connectivity index (χ4n) is 3.38. The maximum atomic E-state index is 12.7. The Morgan fingerprint density at radius 3 is 2.72 bits per heavy atom. The van der Waals surface area contributed by atoms with Gasteiger partial charge in [0.2, 0.25) is 5.71 Å². The van der Waals surface area contributed by atoms with Gasteiger partial charge in [0.1, 0.15) is 28.7 Å². The Balaban J connectivity index is 1.80. The standard InChI is InChI=1S/C21H17N5O3/c1-4-26-20(27)15(12(2)16(10-22)21(26)28)8-14-9-17-19(29-14)24-18(25(17)3)13-6-5-7-23-11-13/h5-9,11H,4H2,1-3H3/b15-8-. The van der Waals surface area contributed by atoms with Gasteiger partial charge in [0, 0.05) is 43.2 Å². The van der Waals surface area contributed by atoms with Crippen LogP contribution >= 0.6 is 0 Å². The zero-order chi connectivity index (χ0) is 20.7. The highest BCUT2D eigenvalue weighted by molar-refractivity contribution is 6.19. The molecule has 0 aromatic carbocycles. The van der Waals surface area contributed by atoms with Gasteiger partial charge >= 0.3 is 0 Å². The topological polar surface area (TPSA) is 105 Å². The van der Waals surface area contributed by atoms with E-state index >= 15 is 0 Å². The largest absolute Gasteiger partial charge is 0.437 e. The molecule has 8 nitrogen and oxygen atoms in total. The van der Waals surface area contributed by atoms with E-state index in [0.717, 1.165) is 16.0 Å². The normalized spacial score (nSPS) is 16.2. The minimum atomic E-state index is -0.568. The van der Waals surface area contributed by atoms with Crippen molar-refractivity contribution in [3.05, 3.63) is 53.1 Å². The van der Waals surface area contributed by atoms with Gasteiger partial charge in [-0.25, -0.2) is 0 Å². The molecule has 3 aromatic rings. The van der Waals surface area contributed by atoms with Crippen LogP contribution in [-0.4, -0.2) is 37.8 Å². The molecule has 144 valence electrons. The number of nitriles is 1. The average Bonchev–Trinajstić information content (AvgIpc) is 3.25. The van der Waals surface area contributed by atoms with E-state index in [-0.39, 0.29) is 17.7 Å². The molecule has 0 saturated heterocycles. The number of furan rings is 1. The molecule has 4 heterocycles. The molecule has 0 unspecified atom stereocenters. The number of carbonyl (C=O) groups is 2. The van der Waals surface area contributed by atoms with Crippen LogP contribution in [0.25, 0.3) is 28.7 Å². The van der Waals surface area contributed by atoms with Crippen molar-refractivity contribution < 1.29 is 14.0 Å². The number of aryl methyl sites for hydroxylation is 1. The van der Waals surface area contributed by atoms with E-state index in [1.54, 1.807) is 38.4 Å². The third-order valence-electron chi connectivity index (χ3n) is 4.95. The second-order valence-corrected chi connectivity index (χ2v) is 6.60. The molecule has 29 heavy (non-hydrogen) atoms. The number of hydrogen-bond donors (Lipinski definition) is 0. The fourth-order valence-corrected chi connectivity index (χ4v) is 3.38. The molecule has 0 radical (unpaired) electrons. The number of carbonyl (C=O) groups excluding carboxylic acids is 2. The van der Waals surface area contributed by atoms with Crippen molar-refractivity contribution in [3.8, 4) is 17.5 Å². The molecule has 1 aliphatic heterocycles. The Bertz CT molecular complexity index is 1250. The summed E-state index contributed by atoms with van der Waals surface area (Å²) in [6.45, 7) is 3.46. The highest BCUT2D eigenvalue weighted by atomic mass is 16.3. The first kappa shape index (κ1) is 18.4. The lowest BCUT2D eigenvalue weighted by molar-refractivity contribution is -0.140. The van der Waals surface area contributed by atoms with Crippen LogP contribution in [0.4, 0.5) is 0 Å². The summed E-state index contributed by atoms with van der Waals surface area (Å²) in [7, 11) is 1.87. The third kappa shape index (κ3) is 2.84. The number of hydrogen-bond acceptors (Lipinski definition) is 6. The molecule has 0 fully saturated rings. The lowest BCUT2D eigenvalue weighted by Gasteiger charge is -2.25. The lowest BCUT2D eigenvalue weighted by Crippen LogP contribution is -2.42. The molecular weight excluding hydrogens is 370 g/mol. The van der Waals surface area contributed by atoms with Crippen molar-refractivity contribution in [1.29, 1.82) is 5.26 Å². The minimum absolute atomic E-state index is 0.0363. The predicted octanol–water partition coefficient (Wildman–Crippen LogP) is 2.84. The van der Waals surface area contributed by atoms with Crippen molar-refractivity contribution in [2.45, 2.75) is 13.8 Å². The average molecular weight is 387 g/mol. The number of imide groups is 1. The van der Waals surface area contributed by atoms with E-state index in [1.807, 2.05) is 29.8 Å². The Labute approximate surface area is 166 Å². The van der Waals surface area contributed by atoms with E-state index in [2.05, 4.69) is 9.97 Å². The van der Waals surface area contributed by atoms with E-state index in [0.29, 0.717) is 22.9 Å². The number of likely N-dealkylation sites (N-methyl/N-ethyl adjacent to an activating group) is 1. The van der Waals surface area contributed by atoms with Gasteiger partial charge in [-0.1, -0.05) is 0 Å². The van der Waals surface area contributed by atoms with Crippen molar-refractivity contribution in [2.24, 2.45) is 7.05 Å². The van der Waals surface area contributed by atoms with Gasteiger partial charge < -0.3 is 8.98 Å². The molecular formula is C21H17N5O3. The highest BCUT2D eigenvalue weighted by Crippen LogP contribution is 2.30. The monoisotopic (exact) mass is 387 g/mol. The highest BCUT2D eigenvalue weighted by Gasteiger charge is 2.34. The number of amides is 2. The van der Waals surface area contributed by atoms with Gasteiger partial charge in [-0.15, -0.1) is 0 Å². The summed E-state index contributed by atoms with van der Waals surface area (Å²) in [6, 6.07) is 7.42. The van der Waals surface area contributed by atoms with Gasteiger partial charge in [0.05, 0.1) is 0 Å². The number of aromatic nitrogens is 3. The molecule has 0 spiro atoms. The van der Waals surface area contributed by atoms with Gasteiger partial charge in [-0.3, -0.25) is 19.5 Å². The number of nitrogens with zero attached hydrogens (tertiary/aromatic N) is 5. The summed E-state index contributed by atoms with van der Waals surface area (Å²) < 4.78 is 7.71. The van der Waals surface area contributed by atoms with Crippen molar-refractivity contribution in [3.63, 3.8) is 0 Å². The van der Waals surface area contributed by atoms with Crippen LogP contribution in [0.3, 0.4) is 0 Å². The quantitative estimate of drug-likeness (QED) is 0.505. The molecule has 4 rings (SSSR count). The summed E-state index contributed by atoms with van der Waals surface area (Å²) >= 11 is 0. The smallest absolute Gasteiger partial charge is 0.271 e. The Hall–Kier alpha value is -3.99. The molecule has 0 N–H and O–H groups in total. The van der Waals surface area contributed by atoms with Crippen LogP contribution in [0.5, 0.6) is 0 Å². The van der Waals surface area contributed by atoms with E-state index in [9.17, 15) is 14.9 Å². The van der Waals surface area contributed by atoms with E-state index in [1.165, 1.54) is 0 Å². The van der Waals surface area contributed by atoms with Crippen molar-refractivity contribution in [1.82, 2.24) is 19.4 Å². The molecule has 0 aliphatic carbocycles. The molecule has 2 amide bonds. The van der Waals surface area contributed by atoms with Gasteiger partial charge in [-0.2, -0.15) is 10.2 Å². The zero-order valence-electron chi connectivity index (χ0n) is 16.1.